The highest BCUT2D eigenvalue weighted by Crippen LogP contribution is 2.24. The number of aryl methyl sites for hydroxylation is 1. The molecule has 92 valence electrons. The molecule has 2 heteroatoms. The minimum absolute atomic E-state index is 0.395. The molecule has 0 aliphatic heterocycles. The molecule has 2 aromatic rings. The average molecular weight is 240 g/mol. The van der Waals surface area contributed by atoms with E-state index in [1.54, 1.807) is 0 Å². The van der Waals surface area contributed by atoms with Crippen LogP contribution in [0, 0.1) is 6.92 Å². The van der Waals surface area contributed by atoms with E-state index in [1.807, 2.05) is 55.5 Å². The first-order valence-corrected chi connectivity index (χ1v) is 6.00. The Morgan fingerprint density at radius 3 is 2.56 bits per heavy atom. The van der Waals surface area contributed by atoms with Gasteiger partial charge in [0.1, 0.15) is 18.6 Å². The summed E-state index contributed by atoms with van der Waals surface area (Å²) in [5, 5.41) is 0. The third-order valence-corrected chi connectivity index (χ3v) is 2.82. The highest BCUT2D eigenvalue weighted by Gasteiger charge is 2.06. The average Bonchev–Trinajstić information content (AvgIpc) is 2.40. The molecular weight excluding hydrogens is 224 g/mol. The van der Waals surface area contributed by atoms with Gasteiger partial charge < -0.3 is 9.53 Å². The van der Waals surface area contributed by atoms with E-state index in [-0.39, 0.29) is 0 Å². The van der Waals surface area contributed by atoms with E-state index in [9.17, 15) is 4.79 Å². The van der Waals surface area contributed by atoms with E-state index in [0.29, 0.717) is 13.0 Å². The van der Waals surface area contributed by atoms with Gasteiger partial charge in [0.25, 0.3) is 0 Å². The molecule has 0 atom stereocenters. The molecule has 0 aliphatic rings. The fraction of sp³-hybridized carbons (Fsp3) is 0.188. The van der Waals surface area contributed by atoms with Crippen LogP contribution in [0.3, 0.4) is 0 Å². The quantitative estimate of drug-likeness (QED) is 0.749. The molecule has 2 rings (SSSR count). The van der Waals surface area contributed by atoms with Crippen LogP contribution in [0.15, 0.2) is 48.5 Å². The predicted octanol–water partition coefficient (Wildman–Crippen LogP) is 3.32. The van der Waals surface area contributed by atoms with Gasteiger partial charge in [0.15, 0.2) is 0 Å². The molecule has 0 saturated carbocycles. The van der Waals surface area contributed by atoms with Gasteiger partial charge in [-0.3, -0.25) is 0 Å². The molecule has 0 fully saturated rings. The summed E-state index contributed by atoms with van der Waals surface area (Å²) < 4.78 is 5.85. The summed E-state index contributed by atoms with van der Waals surface area (Å²) in [6.45, 7) is 2.52. The molecule has 0 saturated heterocycles. The van der Waals surface area contributed by atoms with Gasteiger partial charge in [-0.25, -0.2) is 0 Å². The van der Waals surface area contributed by atoms with Crippen molar-refractivity contribution >= 4 is 6.29 Å². The maximum Gasteiger partial charge on any atom is 0.126 e. The second kappa shape index (κ2) is 6.01. The Bertz CT molecular complexity index is 518. The topological polar surface area (TPSA) is 26.3 Å². The zero-order valence-electron chi connectivity index (χ0n) is 10.4. The largest absolute Gasteiger partial charge is 0.488 e. The molecule has 0 N–H and O–H groups in total. The summed E-state index contributed by atoms with van der Waals surface area (Å²) in [5.74, 6) is 0.827. The Morgan fingerprint density at radius 1 is 1.06 bits per heavy atom. The Kier molecular flexibility index (Phi) is 4.13. The van der Waals surface area contributed by atoms with E-state index in [2.05, 4.69) is 0 Å². The fourth-order valence-electron chi connectivity index (χ4n) is 1.90. The Labute approximate surface area is 107 Å². The molecular formula is C16H16O2. The number of rotatable bonds is 5. The van der Waals surface area contributed by atoms with E-state index >= 15 is 0 Å². The normalized spacial score (nSPS) is 10.1. The van der Waals surface area contributed by atoms with Crippen LogP contribution in [0.5, 0.6) is 5.75 Å². The minimum atomic E-state index is 0.395. The summed E-state index contributed by atoms with van der Waals surface area (Å²) in [6, 6.07) is 15.9. The molecule has 18 heavy (non-hydrogen) atoms. The smallest absolute Gasteiger partial charge is 0.126 e. The zero-order chi connectivity index (χ0) is 12.8. The Morgan fingerprint density at radius 2 is 1.83 bits per heavy atom. The third kappa shape index (κ3) is 2.98. The standard InChI is InChI=1S/C16H16O2/c1-13-6-5-9-15(10-11-17)16(13)18-12-14-7-3-2-4-8-14/h2-9,11H,10,12H2,1H3. The number of carbonyl (C=O) groups excluding carboxylic acids is 1. The van der Waals surface area contributed by atoms with Crippen LogP contribution in [0.25, 0.3) is 0 Å². The van der Waals surface area contributed by atoms with Crippen molar-refractivity contribution in [3.63, 3.8) is 0 Å². The fourth-order valence-corrected chi connectivity index (χ4v) is 1.90. The SMILES string of the molecule is Cc1cccc(CC=O)c1OCc1ccccc1. The van der Waals surface area contributed by atoms with Gasteiger partial charge in [0.2, 0.25) is 0 Å². The zero-order valence-corrected chi connectivity index (χ0v) is 10.4. The van der Waals surface area contributed by atoms with Crippen molar-refractivity contribution in [2.45, 2.75) is 20.0 Å². The highest BCUT2D eigenvalue weighted by molar-refractivity contribution is 5.58. The Balaban J connectivity index is 2.15. The number of ether oxygens (including phenoxy) is 1. The lowest BCUT2D eigenvalue weighted by Crippen LogP contribution is -2.01. The van der Waals surface area contributed by atoms with Crippen molar-refractivity contribution in [2.24, 2.45) is 0 Å². The summed E-state index contributed by atoms with van der Waals surface area (Å²) in [6.07, 6.45) is 1.30. The number of para-hydroxylation sites is 1. The van der Waals surface area contributed by atoms with Crippen LogP contribution in [-0.4, -0.2) is 6.29 Å². The van der Waals surface area contributed by atoms with Gasteiger partial charge in [-0.05, 0) is 18.1 Å². The van der Waals surface area contributed by atoms with Crippen LogP contribution >= 0.6 is 0 Å². The van der Waals surface area contributed by atoms with Gasteiger partial charge in [0, 0.05) is 12.0 Å². The summed E-state index contributed by atoms with van der Waals surface area (Å²) in [7, 11) is 0. The number of carbonyl (C=O) groups is 1. The second-order valence-corrected chi connectivity index (χ2v) is 4.21. The second-order valence-electron chi connectivity index (χ2n) is 4.21. The lowest BCUT2D eigenvalue weighted by atomic mass is 10.1. The predicted molar refractivity (Wildman–Crippen MR) is 71.7 cm³/mol. The molecule has 2 nitrogen and oxygen atoms in total. The molecule has 0 spiro atoms. The van der Waals surface area contributed by atoms with Crippen molar-refractivity contribution in [2.75, 3.05) is 0 Å². The molecule has 0 bridgehead atoms. The molecule has 0 unspecified atom stereocenters. The maximum absolute atomic E-state index is 10.7. The van der Waals surface area contributed by atoms with Crippen LogP contribution < -0.4 is 4.74 Å². The molecule has 0 aromatic heterocycles. The lowest BCUT2D eigenvalue weighted by Gasteiger charge is -2.12. The van der Waals surface area contributed by atoms with Gasteiger partial charge in [0.05, 0.1) is 0 Å². The van der Waals surface area contributed by atoms with E-state index in [1.165, 1.54) is 0 Å². The lowest BCUT2D eigenvalue weighted by molar-refractivity contribution is -0.107. The molecule has 0 radical (unpaired) electrons. The van der Waals surface area contributed by atoms with Gasteiger partial charge in [-0.2, -0.15) is 0 Å². The van der Waals surface area contributed by atoms with Gasteiger partial charge in [-0.1, -0.05) is 48.5 Å². The van der Waals surface area contributed by atoms with E-state index < -0.39 is 0 Å². The van der Waals surface area contributed by atoms with E-state index in [0.717, 1.165) is 28.7 Å². The van der Waals surface area contributed by atoms with Gasteiger partial charge in [-0.15, -0.1) is 0 Å². The van der Waals surface area contributed by atoms with Crippen LogP contribution in [0.4, 0.5) is 0 Å². The summed E-state index contributed by atoms with van der Waals surface area (Å²) in [4.78, 5) is 10.7. The van der Waals surface area contributed by atoms with Crippen LogP contribution in [0.1, 0.15) is 16.7 Å². The first kappa shape index (κ1) is 12.4. The van der Waals surface area contributed by atoms with E-state index in [4.69, 9.17) is 4.74 Å². The summed E-state index contributed by atoms with van der Waals surface area (Å²) >= 11 is 0. The highest BCUT2D eigenvalue weighted by atomic mass is 16.5. The van der Waals surface area contributed by atoms with Crippen LogP contribution in [-0.2, 0) is 17.8 Å². The Hall–Kier alpha value is -2.09. The molecule has 0 aliphatic carbocycles. The number of hydrogen-bond donors (Lipinski definition) is 0. The molecule has 0 amide bonds. The molecule has 2 aromatic carbocycles. The minimum Gasteiger partial charge on any atom is -0.488 e. The van der Waals surface area contributed by atoms with Crippen LogP contribution in [0.2, 0.25) is 0 Å². The van der Waals surface area contributed by atoms with Crippen molar-refractivity contribution in [1.29, 1.82) is 0 Å². The number of benzene rings is 2. The monoisotopic (exact) mass is 240 g/mol. The molecule has 0 heterocycles. The van der Waals surface area contributed by atoms with Crippen molar-refractivity contribution in [1.82, 2.24) is 0 Å². The number of hydrogen-bond acceptors (Lipinski definition) is 2. The third-order valence-electron chi connectivity index (χ3n) is 2.82. The number of aldehydes is 1. The first-order valence-electron chi connectivity index (χ1n) is 6.00. The van der Waals surface area contributed by atoms with Crippen molar-refractivity contribution in [3.8, 4) is 5.75 Å². The maximum atomic E-state index is 10.7. The van der Waals surface area contributed by atoms with Crippen molar-refractivity contribution in [3.05, 3.63) is 65.2 Å². The van der Waals surface area contributed by atoms with Crippen molar-refractivity contribution < 1.29 is 9.53 Å². The van der Waals surface area contributed by atoms with Gasteiger partial charge >= 0.3 is 0 Å². The summed E-state index contributed by atoms with van der Waals surface area (Å²) in [5.41, 5.74) is 3.13. The first-order chi connectivity index (χ1) is 8.81.